The SMILES string of the molecule is COc1ccc(NC(=O)c2cc3c(=O)n(C)c4ccccc4n3n2)cc1F. The lowest BCUT2D eigenvalue weighted by molar-refractivity contribution is 0.102. The zero-order valence-electron chi connectivity index (χ0n) is 14.6. The van der Waals surface area contributed by atoms with Crippen molar-refractivity contribution in [2.75, 3.05) is 12.4 Å². The minimum absolute atomic E-state index is 0.0553. The molecule has 0 saturated heterocycles. The van der Waals surface area contributed by atoms with Gasteiger partial charge in [-0.3, -0.25) is 9.59 Å². The number of carbonyl (C=O) groups is 1. The Morgan fingerprint density at radius 2 is 1.85 bits per heavy atom. The number of nitrogens with zero attached hydrogens (tertiary/aromatic N) is 3. The first kappa shape index (κ1) is 16.8. The molecule has 4 rings (SSSR count). The van der Waals surface area contributed by atoms with Crippen LogP contribution in [0, 0.1) is 5.82 Å². The Morgan fingerprint density at radius 3 is 2.56 bits per heavy atom. The van der Waals surface area contributed by atoms with E-state index in [0.717, 1.165) is 6.07 Å². The van der Waals surface area contributed by atoms with E-state index in [1.54, 1.807) is 13.1 Å². The maximum atomic E-state index is 13.8. The molecule has 0 bridgehead atoms. The van der Waals surface area contributed by atoms with Gasteiger partial charge in [-0.2, -0.15) is 5.10 Å². The van der Waals surface area contributed by atoms with Gasteiger partial charge in [0.2, 0.25) is 0 Å². The molecule has 0 spiro atoms. The molecule has 27 heavy (non-hydrogen) atoms. The van der Waals surface area contributed by atoms with Crippen LogP contribution in [0.2, 0.25) is 0 Å². The summed E-state index contributed by atoms with van der Waals surface area (Å²) in [5, 5.41) is 6.84. The Bertz CT molecular complexity index is 1260. The lowest BCUT2D eigenvalue weighted by atomic mass is 10.2. The zero-order chi connectivity index (χ0) is 19.1. The lowest BCUT2D eigenvalue weighted by Gasteiger charge is -2.06. The van der Waals surface area contributed by atoms with Gasteiger partial charge >= 0.3 is 0 Å². The van der Waals surface area contributed by atoms with Crippen molar-refractivity contribution >= 4 is 28.1 Å². The first-order chi connectivity index (χ1) is 13.0. The van der Waals surface area contributed by atoms with Gasteiger partial charge in [0.05, 0.1) is 18.1 Å². The molecule has 0 unspecified atom stereocenters. The highest BCUT2D eigenvalue weighted by molar-refractivity contribution is 6.03. The smallest absolute Gasteiger partial charge is 0.276 e. The van der Waals surface area contributed by atoms with E-state index in [9.17, 15) is 14.0 Å². The number of halogens is 1. The van der Waals surface area contributed by atoms with Crippen molar-refractivity contribution in [3.05, 3.63) is 70.4 Å². The number of nitrogens with one attached hydrogen (secondary N) is 1. The van der Waals surface area contributed by atoms with Crippen LogP contribution < -0.4 is 15.6 Å². The second-order valence-electron chi connectivity index (χ2n) is 5.98. The molecule has 4 aromatic rings. The number of ether oxygens (including phenoxy) is 1. The van der Waals surface area contributed by atoms with E-state index in [4.69, 9.17) is 4.74 Å². The minimum Gasteiger partial charge on any atom is -0.494 e. The molecule has 0 fully saturated rings. The average Bonchev–Trinajstić information content (AvgIpc) is 3.12. The molecule has 0 radical (unpaired) electrons. The number of aromatic nitrogens is 3. The molecule has 1 amide bonds. The number of hydrogen-bond acceptors (Lipinski definition) is 4. The van der Waals surface area contributed by atoms with Crippen molar-refractivity contribution in [3.63, 3.8) is 0 Å². The van der Waals surface area contributed by atoms with Gasteiger partial charge in [-0.25, -0.2) is 8.91 Å². The van der Waals surface area contributed by atoms with Crippen LogP contribution in [0.1, 0.15) is 10.5 Å². The van der Waals surface area contributed by atoms with E-state index in [-0.39, 0.29) is 28.2 Å². The summed E-state index contributed by atoms with van der Waals surface area (Å²) in [7, 11) is 3.02. The quantitative estimate of drug-likeness (QED) is 0.605. The van der Waals surface area contributed by atoms with E-state index in [1.165, 1.54) is 34.4 Å². The van der Waals surface area contributed by atoms with Gasteiger partial charge in [-0.1, -0.05) is 12.1 Å². The van der Waals surface area contributed by atoms with Crippen LogP contribution in [-0.4, -0.2) is 27.2 Å². The summed E-state index contributed by atoms with van der Waals surface area (Å²) >= 11 is 0. The van der Waals surface area contributed by atoms with Crippen LogP contribution in [0.4, 0.5) is 10.1 Å². The van der Waals surface area contributed by atoms with Crippen molar-refractivity contribution in [2.24, 2.45) is 7.05 Å². The van der Waals surface area contributed by atoms with E-state index >= 15 is 0 Å². The molecule has 7 nitrogen and oxygen atoms in total. The Balaban J connectivity index is 1.77. The molecule has 8 heteroatoms. The summed E-state index contributed by atoms with van der Waals surface area (Å²) in [5.74, 6) is -1.06. The number of rotatable bonds is 3. The summed E-state index contributed by atoms with van der Waals surface area (Å²) in [6, 6.07) is 12.8. The number of carbonyl (C=O) groups excluding carboxylic acids is 1. The number of amides is 1. The predicted octanol–water partition coefficient (Wildman–Crippen LogP) is 2.59. The minimum atomic E-state index is -0.592. The van der Waals surface area contributed by atoms with Gasteiger partial charge in [0.25, 0.3) is 11.5 Å². The van der Waals surface area contributed by atoms with Crippen molar-refractivity contribution in [3.8, 4) is 5.75 Å². The van der Waals surface area contributed by atoms with Crippen LogP contribution in [0.5, 0.6) is 5.75 Å². The third-order valence-electron chi connectivity index (χ3n) is 4.35. The van der Waals surface area contributed by atoms with Crippen LogP contribution in [-0.2, 0) is 7.05 Å². The lowest BCUT2D eigenvalue weighted by Crippen LogP contribution is -2.19. The van der Waals surface area contributed by atoms with Crippen molar-refractivity contribution < 1.29 is 13.9 Å². The zero-order valence-corrected chi connectivity index (χ0v) is 14.6. The van der Waals surface area contributed by atoms with Gasteiger partial charge in [0.1, 0.15) is 5.52 Å². The topological polar surface area (TPSA) is 77.6 Å². The highest BCUT2D eigenvalue weighted by atomic mass is 19.1. The maximum absolute atomic E-state index is 13.8. The fourth-order valence-corrected chi connectivity index (χ4v) is 2.98. The Kier molecular flexibility index (Phi) is 3.88. The number of benzene rings is 2. The molecular weight excluding hydrogens is 351 g/mol. The van der Waals surface area contributed by atoms with E-state index in [0.29, 0.717) is 11.0 Å². The van der Waals surface area contributed by atoms with Crippen LogP contribution in [0.3, 0.4) is 0 Å². The van der Waals surface area contributed by atoms with E-state index in [1.807, 2.05) is 18.2 Å². The summed E-state index contributed by atoms with van der Waals surface area (Å²) < 4.78 is 21.6. The second-order valence-corrected chi connectivity index (χ2v) is 5.98. The van der Waals surface area contributed by atoms with Crippen molar-refractivity contribution in [1.82, 2.24) is 14.2 Å². The van der Waals surface area contributed by atoms with Gasteiger partial charge in [-0.05, 0) is 24.3 Å². The number of methoxy groups -OCH3 is 1. The van der Waals surface area contributed by atoms with Crippen molar-refractivity contribution in [1.29, 1.82) is 0 Å². The molecule has 0 saturated carbocycles. The van der Waals surface area contributed by atoms with Gasteiger partial charge in [0.15, 0.2) is 17.3 Å². The summed E-state index contributed by atoms with van der Waals surface area (Å²) in [4.78, 5) is 25.1. The van der Waals surface area contributed by atoms with Crippen LogP contribution in [0.25, 0.3) is 16.6 Å². The molecule has 0 atom stereocenters. The number of para-hydroxylation sites is 2. The van der Waals surface area contributed by atoms with Crippen LogP contribution >= 0.6 is 0 Å². The van der Waals surface area contributed by atoms with Gasteiger partial charge < -0.3 is 14.6 Å². The molecule has 2 heterocycles. The molecular formula is C19H15FN4O3. The number of hydrogen-bond donors (Lipinski definition) is 1. The second kappa shape index (κ2) is 6.24. The molecule has 2 aromatic carbocycles. The monoisotopic (exact) mass is 366 g/mol. The standard InChI is InChI=1S/C19H15FN4O3/c1-23-14-5-3-4-6-15(14)24-16(19(23)26)10-13(22-24)18(25)21-11-7-8-17(27-2)12(20)9-11/h3-10H,1-2H3,(H,21,25). The van der Waals surface area contributed by atoms with Crippen molar-refractivity contribution in [2.45, 2.75) is 0 Å². The normalized spacial score (nSPS) is 11.1. The van der Waals surface area contributed by atoms with Gasteiger partial charge in [0, 0.05) is 24.9 Å². The third-order valence-corrected chi connectivity index (χ3v) is 4.35. The maximum Gasteiger partial charge on any atom is 0.276 e. The Labute approximate surface area is 152 Å². The Hall–Kier alpha value is -3.68. The number of anilines is 1. The predicted molar refractivity (Wildman–Crippen MR) is 98.8 cm³/mol. The fourth-order valence-electron chi connectivity index (χ4n) is 2.98. The van der Waals surface area contributed by atoms with E-state index < -0.39 is 11.7 Å². The third kappa shape index (κ3) is 2.71. The molecule has 0 aliphatic heterocycles. The number of aryl methyl sites for hydroxylation is 1. The summed E-state index contributed by atoms with van der Waals surface area (Å²) in [6.07, 6.45) is 0. The average molecular weight is 366 g/mol. The van der Waals surface area contributed by atoms with Crippen LogP contribution in [0.15, 0.2) is 53.3 Å². The number of fused-ring (bicyclic) bond motifs is 3. The largest absolute Gasteiger partial charge is 0.494 e. The summed E-state index contributed by atoms with van der Waals surface area (Å²) in [6.45, 7) is 0. The van der Waals surface area contributed by atoms with Gasteiger partial charge in [-0.15, -0.1) is 0 Å². The molecule has 1 N–H and O–H groups in total. The van der Waals surface area contributed by atoms with E-state index in [2.05, 4.69) is 10.4 Å². The highest BCUT2D eigenvalue weighted by Gasteiger charge is 2.17. The molecule has 136 valence electrons. The fraction of sp³-hybridized carbons (Fsp3) is 0.105. The molecule has 2 aromatic heterocycles. The first-order valence-electron chi connectivity index (χ1n) is 8.12. The highest BCUT2D eigenvalue weighted by Crippen LogP contribution is 2.21. The molecule has 0 aliphatic carbocycles. The molecule has 0 aliphatic rings. The Morgan fingerprint density at radius 1 is 1.11 bits per heavy atom. The summed E-state index contributed by atoms with van der Waals surface area (Å²) in [5.41, 5.74) is 1.72. The first-order valence-corrected chi connectivity index (χ1v) is 8.12.